The number of rotatable bonds is 8. The van der Waals surface area contributed by atoms with Crippen molar-refractivity contribution < 1.29 is 9.59 Å². The molecule has 3 aromatic rings. The zero-order chi connectivity index (χ0) is 33.8. The van der Waals surface area contributed by atoms with Crippen LogP contribution in [0.5, 0.6) is 0 Å². The number of benzene rings is 1. The number of hydrogen-bond donors (Lipinski definition) is 3. The lowest BCUT2D eigenvalue weighted by Crippen LogP contribution is -2.41. The van der Waals surface area contributed by atoms with E-state index in [4.69, 9.17) is 9.89 Å². The van der Waals surface area contributed by atoms with Gasteiger partial charge in [-0.2, -0.15) is 4.91 Å². The number of carbonyl (C=O) groups is 2. The van der Waals surface area contributed by atoms with Crippen LogP contribution in [-0.4, -0.2) is 57.4 Å². The predicted molar refractivity (Wildman–Crippen MR) is 187 cm³/mol. The van der Waals surface area contributed by atoms with E-state index in [1.165, 1.54) is 16.7 Å². The van der Waals surface area contributed by atoms with Gasteiger partial charge < -0.3 is 20.1 Å². The maximum atomic E-state index is 13.8. The molecule has 0 bridgehead atoms. The van der Waals surface area contributed by atoms with Crippen molar-refractivity contribution in [3.63, 3.8) is 0 Å². The zero-order valence-corrected chi connectivity index (χ0v) is 28.5. The van der Waals surface area contributed by atoms with Crippen molar-refractivity contribution in [1.29, 1.82) is 5.59 Å². The summed E-state index contributed by atoms with van der Waals surface area (Å²) in [4.78, 5) is 46.3. The first-order valence-corrected chi connectivity index (χ1v) is 17.6. The molecule has 2 amide bonds. The third kappa shape index (κ3) is 6.72. The van der Waals surface area contributed by atoms with E-state index in [0.29, 0.717) is 24.2 Å². The number of piperidine rings is 2. The van der Waals surface area contributed by atoms with Gasteiger partial charge >= 0.3 is 0 Å². The van der Waals surface area contributed by atoms with Gasteiger partial charge in [0.25, 0.3) is 0 Å². The number of hydrogen-bond acceptors (Lipinski definition) is 7. The molecule has 2 saturated heterocycles. The molecule has 0 radical (unpaired) electrons. The van der Waals surface area contributed by atoms with Crippen LogP contribution in [-0.2, 0) is 16.6 Å². The number of fused-ring (bicyclic) bond motifs is 2. The molecule has 3 fully saturated rings. The molecule has 2 atom stereocenters. The van der Waals surface area contributed by atoms with Gasteiger partial charge in [-0.1, -0.05) is 42.3 Å². The monoisotopic (exact) mass is 651 g/mol. The van der Waals surface area contributed by atoms with Crippen LogP contribution in [0.4, 0.5) is 0 Å². The molecule has 48 heavy (non-hydrogen) atoms. The third-order valence-corrected chi connectivity index (χ3v) is 11.4. The van der Waals surface area contributed by atoms with Crippen molar-refractivity contribution in [1.82, 2.24) is 30.1 Å². The van der Waals surface area contributed by atoms with Crippen LogP contribution >= 0.6 is 0 Å². The summed E-state index contributed by atoms with van der Waals surface area (Å²) in [5.41, 5.74) is 12.1. The summed E-state index contributed by atoms with van der Waals surface area (Å²) in [5, 5.41) is 6.93. The molecule has 2 aromatic heterocycles. The highest BCUT2D eigenvalue weighted by atomic mass is 16.2. The fourth-order valence-electron chi connectivity index (χ4n) is 8.19. The number of nitrogens with one attached hydrogen (secondary N) is 3. The first-order valence-electron chi connectivity index (χ1n) is 17.6. The number of aryl methyl sites for hydroxylation is 2. The average Bonchev–Trinajstić information content (AvgIpc) is 3.84. The second kappa shape index (κ2) is 14.5. The molecule has 0 spiro atoms. The highest BCUT2D eigenvalue weighted by Gasteiger charge is 2.49. The van der Waals surface area contributed by atoms with Crippen molar-refractivity contribution in [3.8, 4) is 0 Å². The number of nitroso groups, excluding NO2 is 1. The Labute approximate surface area is 283 Å². The van der Waals surface area contributed by atoms with Crippen molar-refractivity contribution in [3.05, 3.63) is 87.6 Å². The fraction of sp³-hybridized carbons (Fsp3) is 0.526. The standard InChI is InChI=1S/C38H48N6O2.HNO/c1-4-38(13-14-38)37(46)42-36(32-23-40-24-43(32)3)31-22-28-6-5-15-41-35(28)34(29-8-7-25(2)20-30(29)31)27-11-18-44(19-12-27)33(45)21-26-9-16-39-17-10-26;1-2/h5-8,15,20,22-24,26-27,34,36,39H,4,9-14,16-19,21H2,1-3H3,(H,42,46);1H. The van der Waals surface area contributed by atoms with Crippen LogP contribution in [0.3, 0.4) is 0 Å². The van der Waals surface area contributed by atoms with Gasteiger partial charge in [0.1, 0.15) is 0 Å². The molecule has 1 aromatic carbocycles. The Hall–Kier alpha value is -4.18. The number of nitrogens with zero attached hydrogens (tertiary/aromatic N) is 4. The quantitative estimate of drug-likeness (QED) is 0.252. The van der Waals surface area contributed by atoms with Crippen LogP contribution < -0.4 is 10.6 Å². The number of imidazole rings is 1. The van der Waals surface area contributed by atoms with Crippen LogP contribution in [0.25, 0.3) is 11.6 Å². The first kappa shape index (κ1) is 33.7. The Morgan fingerprint density at radius 3 is 2.52 bits per heavy atom. The molecule has 10 nitrogen and oxygen atoms in total. The summed E-state index contributed by atoms with van der Waals surface area (Å²) in [7, 11) is 2.00. The predicted octanol–water partition coefficient (Wildman–Crippen LogP) is 6.12. The average molecular weight is 652 g/mol. The molecular weight excluding hydrogens is 602 g/mol. The minimum absolute atomic E-state index is 0.0931. The van der Waals surface area contributed by atoms with Crippen LogP contribution in [0.15, 0.2) is 49.1 Å². The molecule has 7 rings (SSSR count). The molecule has 2 aliphatic heterocycles. The Morgan fingerprint density at radius 1 is 1.10 bits per heavy atom. The van der Waals surface area contributed by atoms with Gasteiger partial charge in [-0.15, -0.1) is 0 Å². The molecule has 2 aliphatic carbocycles. The molecule has 4 aliphatic rings. The molecule has 254 valence electrons. The fourth-order valence-corrected chi connectivity index (χ4v) is 8.19. The smallest absolute Gasteiger partial charge is 0.227 e. The van der Waals surface area contributed by atoms with Gasteiger partial charge in [0, 0.05) is 44.1 Å². The molecule has 10 heteroatoms. The largest absolute Gasteiger partial charge is 0.343 e. The van der Waals surface area contributed by atoms with E-state index in [9.17, 15) is 9.59 Å². The van der Waals surface area contributed by atoms with Crippen LogP contribution in [0.2, 0.25) is 0 Å². The molecule has 1 saturated carbocycles. The molecule has 2 unspecified atom stereocenters. The van der Waals surface area contributed by atoms with E-state index in [0.717, 1.165) is 93.6 Å². The van der Waals surface area contributed by atoms with Crippen molar-refractivity contribution in [2.24, 2.45) is 24.3 Å². The van der Waals surface area contributed by atoms with E-state index in [1.54, 1.807) is 0 Å². The van der Waals surface area contributed by atoms with Gasteiger partial charge in [0.15, 0.2) is 0 Å². The van der Waals surface area contributed by atoms with Gasteiger partial charge in [-0.25, -0.2) is 4.98 Å². The SMILES string of the molecule is CCC1(C(=O)NC(C2=Cc3cccnc3C(C3CCN(C(=O)CC4CCNCC4)CC3)c3ccc(C)cc32)c2cncn2C)CC1.N=O. The maximum absolute atomic E-state index is 13.8. The normalized spacial score (nSPS) is 21.0. The highest BCUT2D eigenvalue weighted by Crippen LogP contribution is 2.51. The molecule has 3 N–H and O–H groups in total. The molecule has 4 heterocycles. The van der Waals surface area contributed by atoms with Gasteiger partial charge in [-0.3, -0.25) is 14.6 Å². The lowest BCUT2D eigenvalue weighted by atomic mass is 9.75. The van der Waals surface area contributed by atoms with E-state index >= 15 is 0 Å². The van der Waals surface area contributed by atoms with Crippen molar-refractivity contribution in [2.75, 3.05) is 26.2 Å². The minimum atomic E-state index is -0.356. The minimum Gasteiger partial charge on any atom is -0.343 e. The zero-order valence-electron chi connectivity index (χ0n) is 28.5. The number of carbonyl (C=O) groups excluding carboxylic acids is 2. The van der Waals surface area contributed by atoms with E-state index < -0.39 is 0 Å². The number of pyridine rings is 1. The lowest BCUT2D eigenvalue weighted by molar-refractivity contribution is -0.134. The summed E-state index contributed by atoms with van der Waals surface area (Å²) in [5.74, 6) is 1.40. The number of aromatic nitrogens is 3. The summed E-state index contributed by atoms with van der Waals surface area (Å²) in [6, 6.07) is 10.6. The second-order valence-corrected chi connectivity index (χ2v) is 14.2. The van der Waals surface area contributed by atoms with Crippen molar-refractivity contribution >= 4 is 23.5 Å². The Kier molecular flexibility index (Phi) is 10.2. The van der Waals surface area contributed by atoms with Gasteiger partial charge in [0.2, 0.25) is 11.8 Å². The van der Waals surface area contributed by atoms with Crippen LogP contribution in [0.1, 0.15) is 104 Å². The summed E-state index contributed by atoms with van der Waals surface area (Å²) < 4.78 is 2.02. The van der Waals surface area contributed by atoms with Crippen molar-refractivity contribution in [2.45, 2.75) is 77.2 Å². The maximum Gasteiger partial charge on any atom is 0.227 e. The van der Waals surface area contributed by atoms with E-state index in [1.807, 2.05) is 36.4 Å². The second-order valence-electron chi connectivity index (χ2n) is 14.2. The summed E-state index contributed by atoms with van der Waals surface area (Å²) >= 11 is 0. The Morgan fingerprint density at radius 2 is 1.85 bits per heavy atom. The Bertz CT molecular complexity index is 1650. The van der Waals surface area contributed by atoms with Gasteiger partial charge in [-0.05, 0) is 111 Å². The summed E-state index contributed by atoms with van der Waals surface area (Å²) in [6.07, 6.45) is 15.4. The Balaban J connectivity index is 0.00000197. The van der Waals surface area contributed by atoms with E-state index in [-0.39, 0.29) is 23.3 Å². The molecular formula is C38H49N7O3. The number of likely N-dealkylation sites (tertiary alicyclic amines) is 1. The highest BCUT2D eigenvalue weighted by molar-refractivity contribution is 5.93. The van der Waals surface area contributed by atoms with Gasteiger partial charge in [0.05, 0.1) is 30.0 Å². The van der Waals surface area contributed by atoms with E-state index in [2.05, 4.69) is 70.3 Å². The third-order valence-electron chi connectivity index (χ3n) is 11.4. The lowest BCUT2D eigenvalue weighted by Gasteiger charge is -2.37. The topological polar surface area (TPSA) is 133 Å². The summed E-state index contributed by atoms with van der Waals surface area (Å²) in [6.45, 7) is 7.89. The first-order chi connectivity index (χ1) is 23.4. The van der Waals surface area contributed by atoms with Crippen LogP contribution in [0, 0.1) is 34.7 Å². The number of amides is 2.